The zero-order chi connectivity index (χ0) is 12.7. The molecule has 0 saturated carbocycles. The number of rotatable bonds is 1. The molecule has 2 aromatic rings. The van der Waals surface area contributed by atoms with Crippen molar-refractivity contribution in [1.29, 1.82) is 0 Å². The molecule has 2 nitrogen and oxygen atoms in total. The number of fused-ring (bicyclic) bond motifs is 2. The van der Waals surface area contributed by atoms with Gasteiger partial charge in [0.2, 0.25) is 0 Å². The maximum atomic E-state index is 4.73. The van der Waals surface area contributed by atoms with Crippen LogP contribution in [0.25, 0.3) is 5.57 Å². The molecule has 19 heavy (non-hydrogen) atoms. The Balaban J connectivity index is 1.83. The molecule has 0 radical (unpaired) electrons. The van der Waals surface area contributed by atoms with Gasteiger partial charge in [0.25, 0.3) is 0 Å². The summed E-state index contributed by atoms with van der Waals surface area (Å²) in [7, 11) is 0. The van der Waals surface area contributed by atoms with Crippen LogP contribution in [0.2, 0.25) is 0 Å². The number of hydrogen-bond acceptors (Lipinski definition) is 2. The van der Waals surface area contributed by atoms with Crippen LogP contribution >= 0.6 is 0 Å². The van der Waals surface area contributed by atoms with E-state index in [0.717, 1.165) is 24.0 Å². The van der Waals surface area contributed by atoms with Gasteiger partial charge in [0, 0.05) is 23.7 Å². The van der Waals surface area contributed by atoms with E-state index in [0.29, 0.717) is 0 Å². The average Bonchev–Trinajstić information content (AvgIpc) is 2.86. The second-order valence-electron chi connectivity index (χ2n) is 4.90. The lowest BCUT2D eigenvalue weighted by Crippen LogP contribution is -2.26. The minimum absolute atomic E-state index is 1.02. The second-order valence-corrected chi connectivity index (χ2v) is 4.90. The Hall–Kier alpha value is -2.35. The van der Waals surface area contributed by atoms with Gasteiger partial charge in [0.1, 0.15) is 0 Å². The number of hydrogen-bond donors (Lipinski definition) is 0. The van der Waals surface area contributed by atoms with Crippen LogP contribution in [0.15, 0.2) is 71.5 Å². The van der Waals surface area contributed by atoms with Crippen LogP contribution < -0.4 is 15.5 Å². The number of para-hydroxylation sites is 2. The molecule has 0 aromatic heterocycles. The molecule has 0 fully saturated rings. The van der Waals surface area contributed by atoms with Crippen LogP contribution in [0, 0.1) is 0 Å². The third kappa shape index (κ3) is 1.68. The van der Waals surface area contributed by atoms with Gasteiger partial charge >= 0.3 is 0 Å². The molecule has 0 spiro atoms. The molecule has 4 rings (SSSR count). The van der Waals surface area contributed by atoms with Crippen LogP contribution in [-0.4, -0.2) is 6.54 Å². The summed E-state index contributed by atoms with van der Waals surface area (Å²) in [5.41, 5.74) is 3.75. The summed E-state index contributed by atoms with van der Waals surface area (Å²) in [4.78, 5) is 7.02. The molecule has 2 heterocycles. The lowest BCUT2D eigenvalue weighted by molar-refractivity contribution is 0.906. The van der Waals surface area contributed by atoms with Crippen LogP contribution in [0.5, 0.6) is 0 Å². The molecule has 0 aliphatic carbocycles. The highest BCUT2D eigenvalue weighted by atomic mass is 15.1. The fourth-order valence-electron chi connectivity index (χ4n) is 2.80. The molecule has 2 aliphatic heterocycles. The van der Waals surface area contributed by atoms with E-state index in [1.165, 1.54) is 16.5 Å². The molecule has 0 N–H and O–H groups in total. The van der Waals surface area contributed by atoms with Crippen molar-refractivity contribution in [2.75, 3.05) is 11.4 Å². The molecule has 0 unspecified atom stereocenters. The van der Waals surface area contributed by atoms with Crippen molar-refractivity contribution in [2.24, 2.45) is 4.99 Å². The van der Waals surface area contributed by atoms with Crippen molar-refractivity contribution in [3.63, 3.8) is 0 Å². The summed E-state index contributed by atoms with van der Waals surface area (Å²) in [5.74, 6) is 0. The number of anilines is 1. The molecule has 0 amide bonds. The third-order valence-corrected chi connectivity index (χ3v) is 3.75. The Kier molecular flexibility index (Phi) is 2.27. The Bertz CT molecular complexity index is 772. The van der Waals surface area contributed by atoms with E-state index >= 15 is 0 Å². The van der Waals surface area contributed by atoms with E-state index in [2.05, 4.69) is 59.6 Å². The van der Waals surface area contributed by atoms with Gasteiger partial charge in [-0.15, -0.1) is 0 Å². The average molecular weight is 246 g/mol. The molecule has 0 atom stereocenters. The van der Waals surface area contributed by atoms with Gasteiger partial charge in [-0.2, -0.15) is 0 Å². The summed E-state index contributed by atoms with van der Waals surface area (Å²) in [6.07, 6.45) is 3.23. The molecule has 2 heteroatoms. The Labute approximate surface area is 112 Å². The quantitative estimate of drug-likeness (QED) is 0.753. The van der Waals surface area contributed by atoms with Crippen molar-refractivity contribution >= 4 is 11.3 Å². The van der Waals surface area contributed by atoms with Crippen LogP contribution in [0.4, 0.5) is 5.69 Å². The molecule has 92 valence electrons. The lowest BCUT2D eigenvalue weighted by Gasteiger charge is -2.26. The van der Waals surface area contributed by atoms with Gasteiger partial charge in [0.15, 0.2) is 0 Å². The van der Waals surface area contributed by atoms with Crippen molar-refractivity contribution < 1.29 is 0 Å². The largest absolute Gasteiger partial charge is 0.345 e. The monoisotopic (exact) mass is 246 g/mol. The topological polar surface area (TPSA) is 15.6 Å². The van der Waals surface area contributed by atoms with E-state index < -0.39 is 0 Å². The first-order valence-corrected chi connectivity index (χ1v) is 6.63. The van der Waals surface area contributed by atoms with Gasteiger partial charge in [-0.1, -0.05) is 36.4 Å². The van der Waals surface area contributed by atoms with Crippen molar-refractivity contribution in [3.8, 4) is 0 Å². The Morgan fingerprint density at radius 1 is 0.895 bits per heavy atom. The first-order valence-electron chi connectivity index (χ1n) is 6.63. The third-order valence-electron chi connectivity index (χ3n) is 3.75. The smallest absolute Gasteiger partial charge is 0.0838 e. The molecule has 0 bridgehead atoms. The lowest BCUT2D eigenvalue weighted by atomic mass is 10.0. The summed E-state index contributed by atoms with van der Waals surface area (Å²) in [6, 6.07) is 18.9. The van der Waals surface area contributed by atoms with Gasteiger partial charge < -0.3 is 4.90 Å². The van der Waals surface area contributed by atoms with Crippen LogP contribution in [0.1, 0.15) is 6.42 Å². The summed E-state index contributed by atoms with van der Waals surface area (Å²) < 4.78 is 0. The zero-order valence-electron chi connectivity index (χ0n) is 10.6. The van der Waals surface area contributed by atoms with Crippen molar-refractivity contribution in [3.05, 3.63) is 77.1 Å². The molecule has 0 saturated heterocycles. The SMILES string of the molecule is C1=C2N=c3ccccc3=C2CCN1c1ccccc1. The fraction of sp³-hybridized carbons (Fsp3) is 0.118. The zero-order valence-corrected chi connectivity index (χ0v) is 10.6. The minimum Gasteiger partial charge on any atom is -0.345 e. The fourth-order valence-corrected chi connectivity index (χ4v) is 2.80. The van der Waals surface area contributed by atoms with E-state index in [1.807, 2.05) is 6.07 Å². The van der Waals surface area contributed by atoms with Crippen LogP contribution in [-0.2, 0) is 0 Å². The van der Waals surface area contributed by atoms with Crippen molar-refractivity contribution in [2.45, 2.75) is 6.42 Å². The molecular weight excluding hydrogens is 232 g/mol. The van der Waals surface area contributed by atoms with E-state index in [9.17, 15) is 0 Å². The van der Waals surface area contributed by atoms with E-state index in [-0.39, 0.29) is 0 Å². The summed E-state index contributed by atoms with van der Waals surface area (Å²) in [5, 5.41) is 2.42. The number of nitrogens with zero attached hydrogens (tertiary/aromatic N) is 2. The molecule has 2 aromatic carbocycles. The second kappa shape index (κ2) is 4.09. The van der Waals surface area contributed by atoms with E-state index in [1.54, 1.807) is 0 Å². The van der Waals surface area contributed by atoms with Crippen LogP contribution in [0.3, 0.4) is 0 Å². The van der Waals surface area contributed by atoms with E-state index in [4.69, 9.17) is 4.99 Å². The Morgan fingerprint density at radius 3 is 2.58 bits per heavy atom. The maximum Gasteiger partial charge on any atom is 0.0838 e. The molecule has 2 aliphatic rings. The number of allylic oxidation sites excluding steroid dienone is 1. The van der Waals surface area contributed by atoms with Gasteiger partial charge in [-0.3, -0.25) is 0 Å². The summed E-state index contributed by atoms with van der Waals surface area (Å²) in [6.45, 7) is 1.02. The van der Waals surface area contributed by atoms with Crippen molar-refractivity contribution in [1.82, 2.24) is 0 Å². The molecular formula is C17H14N2. The highest BCUT2D eigenvalue weighted by Gasteiger charge is 2.19. The number of benzene rings is 2. The first-order chi connectivity index (χ1) is 9.42. The normalized spacial score (nSPS) is 16.5. The predicted octanol–water partition coefficient (Wildman–Crippen LogP) is 2.22. The van der Waals surface area contributed by atoms with Gasteiger partial charge in [0.05, 0.1) is 11.1 Å². The minimum atomic E-state index is 1.02. The predicted molar refractivity (Wildman–Crippen MR) is 77.1 cm³/mol. The first kappa shape index (κ1) is 10.6. The van der Waals surface area contributed by atoms with Gasteiger partial charge in [-0.25, -0.2) is 4.99 Å². The van der Waals surface area contributed by atoms with Gasteiger partial charge in [-0.05, 0) is 30.2 Å². The Morgan fingerprint density at radius 2 is 1.68 bits per heavy atom. The highest BCUT2D eigenvalue weighted by Crippen LogP contribution is 2.27. The maximum absolute atomic E-state index is 4.73. The highest BCUT2D eigenvalue weighted by molar-refractivity contribution is 5.70. The standard InChI is InChI=1S/C17H14N2/c1-2-6-13(7-3-1)19-11-10-15-14-8-4-5-9-16(14)18-17(15)12-19/h1-9,12H,10-11H2. The summed E-state index contributed by atoms with van der Waals surface area (Å²) >= 11 is 0.